The van der Waals surface area contributed by atoms with Crippen LogP contribution in [0.2, 0.25) is 0 Å². The van der Waals surface area contributed by atoms with Crippen molar-refractivity contribution in [2.75, 3.05) is 7.05 Å². The van der Waals surface area contributed by atoms with Crippen molar-refractivity contribution in [2.24, 2.45) is 5.92 Å². The Hall–Kier alpha value is -0.960. The number of rotatable bonds is 2. The number of nitrogens with one attached hydrogen (secondary N) is 1. The van der Waals surface area contributed by atoms with Gasteiger partial charge in [0, 0.05) is 18.4 Å². The van der Waals surface area contributed by atoms with Gasteiger partial charge >= 0.3 is 0 Å². The second kappa shape index (κ2) is 4.05. The fourth-order valence-corrected chi connectivity index (χ4v) is 2.54. The van der Waals surface area contributed by atoms with Crippen LogP contribution in [0.25, 0.3) is 0 Å². The van der Waals surface area contributed by atoms with Gasteiger partial charge in [0.15, 0.2) is 0 Å². The number of nitrogens with zero attached hydrogens (tertiary/aromatic N) is 2. The molecule has 3 atom stereocenters. The van der Waals surface area contributed by atoms with E-state index in [1.165, 1.54) is 18.4 Å². The third-order valence-corrected chi connectivity index (χ3v) is 3.44. The van der Waals surface area contributed by atoms with Crippen molar-refractivity contribution in [3.05, 3.63) is 24.3 Å². The zero-order chi connectivity index (χ0) is 9.97. The van der Waals surface area contributed by atoms with Crippen LogP contribution in [0.4, 0.5) is 0 Å². The Labute approximate surface area is 85.0 Å². The largest absolute Gasteiger partial charge is 0.317 e. The highest BCUT2D eigenvalue weighted by Crippen LogP contribution is 2.38. The van der Waals surface area contributed by atoms with E-state index in [0.29, 0.717) is 17.9 Å². The average molecular weight is 191 g/mol. The molecule has 3 heteroatoms. The number of aromatic nitrogens is 2. The lowest BCUT2D eigenvalue weighted by Gasteiger charge is -2.19. The first-order valence-corrected chi connectivity index (χ1v) is 5.25. The molecule has 0 bridgehead atoms. The molecule has 1 heterocycles. The second-order valence-corrected chi connectivity index (χ2v) is 4.11. The van der Waals surface area contributed by atoms with Gasteiger partial charge < -0.3 is 5.32 Å². The lowest BCUT2D eigenvalue weighted by molar-refractivity contribution is 0.428. The van der Waals surface area contributed by atoms with Crippen molar-refractivity contribution < 1.29 is 0 Å². The van der Waals surface area contributed by atoms with Gasteiger partial charge in [-0.25, -0.2) is 9.97 Å². The van der Waals surface area contributed by atoms with E-state index in [1.54, 1.807) is 6.33 Å². The van der Waals surface area contributed by atoms with E-state index in [9.17, 15) is 0 Å². The minimum atomic E-state index is 0.633. The van der Waals surface area contributed by atoms with Crippen LogP contribution in [0.3, 0.4) is 0 Å². The summed E-state index contributed by atoms with van der Waals surface area (Å²) in [5, 5.41) is 3.37. The average Bonchev–Trinajstić information content (AvgIpc) is 2.61. The van der Waals surface area contributed by atoms with E-state index in [4.69, 9.17) is 0 Å². The molecule has 14 heavy (non-hydrogen) atoms. The van der Waals surface area contributed by atoms with Gasteiger partial charge in [0.25, 0.3) is 0 Å². The summed E-state index contributed by atoms with van der Waals surface area (Å²) in [6.07, 6.45) is 8.01. The predicted molar refractivity (Wildman–Crippen MR) is 56.0 cm³/mol. The molecule has 1 aromatic rings. The van der Waals surface area contributed by atoms with Gasteiger partial charge in [0.2, 0.25) is 0 Å². The van der Waals surface area contributed by atoms with Gasteiger partial charge in [-0.05, 0) is 37.3 Å². The van der Waals surface area contributed by atoms with Gasteiger partial charge in [-0.1, -0.05) is 6.92 Å². The molecule has 2 rings (SSSR count). The molecule has 0 radical (unpaired) electrons. The van der Waals surface area contributed by atoms with Gasteiger partial charge in [-0.15, -0.1) is 0 Å². The smallest absolute Gasteiger partial charge is 0.115 e. The highest BCUT2D eigenvalue weighted by molar-refractivity contribution is 5.14. The zero-order valence-electron chi connectivity index (χ0n) is 8.77. The van der Waals surface area contributed by atoms with Crippen molar-refractivity contribution in [2.45, 2.75) is 31.7 Å². The van der Waals surface area contributed by atoms with Crippen LogP contribution in [0.5, 0.6) is 0 Å². The van der Waals surface area contributed by atoms with E-state index in [2.05, 4.69) is 22.2 Å². The van der Waals surface area contributed by atoms with Crippen molar-refractivity contribution in [1.82, 2.24) is 15.3 Å². The summed E-state index contributed by atoms with van der Waals surface area (Å²) in [6, 6.07) is 0.653. The Morgan fingerprint density at radius 2 is 2.00 bits per heavy atom. The molecule has 3 unspecified atom stereocenters. The van der Waals surface area contributed by atoms with Crippen LogP contribution in [0, 0.1) is 5.92 Å². The zero-order valence-corrected chi connectivity index (χ0v) is 8.77. The van der Waals surface area contributed by atoms with Gasteiger partial charge in [0.1, 0.15) is 6.33 Å². The Morgan fingerprint density at radius 3 is 2.57 bits per heavy atom. The fraction of sp³-hybridized carbons (Fsp3) is 0.636. The Morgan fingerprint density at radius 1 is 1.29 bits per heavy atom. The Bertz CT molecular complexity index is 286. The van der Waals surface area contributed by atoms with Crippen molar-refractivity contribution in [1.29, 1.82) is 0 Å². The van der Waals surface area contributed by atoms with E-state index in [0.717, 1.165) is 0 Å². The molecule has 0 amide bonds. The quantitative estimate of drug-likeness (QED) is 0.771. The SMILES string of the molecule is CNC1CCC(c2cncnc2)C1C. The topological polar surface area (TPSA) is 37.8 Å². The second-order valence-electron chi connectivity index (χ2n) is 4.11. The first-order valence-electron chi connectivity index (χ1n) is 5.25. The predicted octanol–water partition coefficient (Wildman–Crippen LogP) is 1.58. The van der Waals surface area contributed by atoms with Gasteiger partial charge in [-0.2, -0.15) is 0 Å². The van der Waals surface area contributed by atoms with E-state index < -0.39 is 0 Å². The molecule has 1 saturated carbocycles. The molecule has 0 saturated heterocycles. The molecule has 1 fully saturated rings. The summed E-state index contributed by atoms with van der Waals surface area (Å²) in [7, 11) is 2.05. The minimum absolute atomic E-state index is 0.633. The molecule has 0 spiro atoms. The number of hydrogen-bond donors (Lipinski definition) is 1. The van der Waals surface area contributed by atoms with Gasteiger partial charge in [0.05, 0.1) is 0 Å². The summed E-state index contributed by atoms with van der Waals surface area (Å²) >= 11 is 0. The van der Waals surface area contributed by atoms with E-state index in [-0.39, 0.29) is 0 Å². The molecule has 1 aliphatic carbocycles. The normalized spacial score (nSPS) is 32.0. The first kappa shape index (κ1) is 9.59. The van der Waals surface area contributed by atoms with Crippen molar-refractivity contribution >= 4 is 0 Å². The lowest BCUT2D eigenvalue weighted by Crippen LogP contribution is -2.28. The maximum Gasteiger partial charge on any atom is 0.115 e. The molecule has 3 nitrogen and oxygen atoms in total. The summed E-state index contributed by atoms with van der Waals surface area (Å²) in [4.78, 5) is 8.17. The molecular formula is C11H17N3. The molecule has 0 aliphatic heterocycles. The van der Waals surface area contributed by atoms with Crippen LogP contribution in [-0.4, -0.2) is 23.1 Å². The highest BCUT2D eigenvalue weighted by atomic mass is 14.9. The summed E-state index contributed by atoms with van der Waals surface area (Å²) in [5.41, 5.74) is 1.29. The van der Waals surface area contributed by atoms with Crippen LogP contribution in [-0.2, 0) is 0 Å². The van der Waals surface area contributed by atoms with Crippen LogP contribution < -0.4 is 5.32 Å². The van der Waals surface area contributed by atoms with Crippen molar-refractivity contribution in [3.63, 3.8) is 0 Å². The van der Waals surface area contributed by atoms with E-state index in [1.807, 2.05) is 19.4 Å². The first-order chi connectivity index (χ1) is 6.83. The summed E-state index contributed by atoms with van der Waals surface area (Å²) in [6.45, 7) is 2.31. The number of hydrogen-bond acceptors (Lipinski definition) is 3. The third kappa shape index (κ3) is 1.64. The highest BCUT2D eigenvalue weighted by Gasteiger charge is 2.32. The van der Waals surface area contributed by atoms with Crippen LogP contribution >= 0.6 is 0 Å². The molecule has 1 aliphatic rings. The lowest BCUT2D eigenvalue weighted by atomic mass is 9.91. The van der Waals surface area contributed by atoms with Crippen LogP contribution in [0.1, 0.15) is 31.2 Å². The Balaban J connectivity index is 2.14. The molecule has 1 aromatic heterocycles. The minimum Gasteiger partial charge on any atom is -0.317 e. The summed E-state index contributed by atoms with van der Waals surface area (Å²) in [5.74, 6) is 1.32. The maximum absolute atomic E-state index is 4.08. The molecular weight excluding hydrogens is 174 g/mol. The molecule has 76 valence electrons. The fourth-order valence-electron chi connectivity index (χ4n) is 2.54. The summed E-state index contributed by atoms with van der Waals surface area (Å²) < 4.78 is 0. The molecule has 0 aromatic carbocycles. The monoisotopic (exact) mass is 191 g/mol. The molecule has 1 N–H and O–H groups in total. The third-order valence-electron chi connectivity index (χ3n) is 3.44. The standard InChI is InChI=1S/C11H17N3/c1-8-10(3-4-11(8)12-2)9-5-13-7-14-6-9/h5-8,10-12H,3-4H2,1-2H3. The van der Waals surface area contributed by atoms with Crippen molar-refractivity contribution in [3.8, 4) is 0 Å². The van der Waals surface area contributed by atoms with Crippen LogP contribution in [0.15, 0.2) is 18.7 Å². The van der Waals surface area contributed by atoms with E-state index >= 15 is 0 Å². The Kier molecular flexibility index (Phi) is 2.77. The van der Waals surface area contributed by atoms with Gasteiger partial charge in [-0.3, -0.25) is 0 Å². The maximum atomic E-state index is 4.08.